The number of amides is 4. The number of urea groups is 2. The van der Waals surface area contributed by atoms with E-state index < -0.39 is 39.1 Å². The molecule has 60 heavy (non-hydrogen) atoms. The molecule has 1 aromatic carbocycles. The highest BCUT2D eigenvalue weighted by Gasteiger charge is 2.49. The number of hydrogen-bond acceptors (Lipinski definition) is 18. The van der Waals surface area contributed by atoms with Gasteiger partial charge in [0.05, 0.1) is 12.1 Å². The number of carbonyl (C=O) groups is 2. The van der Waals surface area contributed by atoms with Gasteiger partial charge in [0, 0.05) is 37.9 Å². The maximum absolute atomic E-state index is 12.0. The van der Waals surface area contributed by atoms with Gasteiger partial charge >= 0.3 is 22.7 Å². The van der Waals surface area contributed by atoms with E-state index in [-0.39, 0.29) is 43.0 Å². The van der Waals surface area contributed by atoms with Crippen molar-refractivity contribution in [1.29, 1.82) is 0 Å². The van der Waals surface area contributed by atoms with Crippen molar-refractivity contribution in [3.05, 3.63) is 121 Å². The Balaban J connectivity index is 0.000000208. The third-order valence-electron chi connectivity index (χ3n) is 8.72. The van der Waals surface area contributed by atoms with E-state index in [4.69, 9.17) is 21.5 Å². The van der Waals surface area contributed by atoms with Crippen LogP contribution in [0, 0.1) is 20.8 Å². The molecule has 0 spiro atoms. The van der Waals surface area contributed by atoms with E-state index in [1.807, 2.05) is 68.7 Å². The Morgan fingerprint density at radius 2 is 1.17 bits per heavy atom. The van der Waals surface area contributed by atoms with Crippen molar-refractivity contribution in [2.24, 2.45) is 0 Å². The van der Waals surface area contributed by atoms with Crippen molar-refractivity contribution in [2.45, 2.75) is 70.6 Å². The zero-order valence-corrected chi connectivity index (χ0v) is 34.8. The molecule has 0 radical (unpaired) electrons. The van der Waals surface area contributed by atoms with Gasteiger partial charge in [-0.25, -0.2) is 23.1 Å². The zero-order chi connectivity index (χ0) is 43.0. The monoisotopic (exact) mass is 893 g/mol. The molecule has 25 heteroatoms. The third kappa shape index (κ3) is 15.0. The summed E-state index contributed by atoms with van der Waals surface area (Å²) in [6, 6.07) is 15.9. The highest BCUT2D eigenvalue weighted by Crippen LogP contribution is 2.38. The van der Waals surface area contributed by atoms with Crippen LogP contribution in [-0.2, 0) is 25.3 Å². The van der Waals surface area contributed by atoms with E-state index in [0.29, 0.717) is 30.3 Å². The van der Waals surface area contributed by atoms with E-state index in [1.54, 1.807) is 17.3 Å². The minimum atomic E-state index is -4.97. The summed E-state index contributed by atoms with van der Waals surface area (Å²) in [5, 5.41) is 25.5. The fraction of sp³-hybridized carbons (Fsp3) is 0.371. The van der Waals surface area contributed by atoms with Gasteiger partial charge in [-0.15, -0.1) is 45.4 Å². The van der Waals surface area contributed by atoms with Gasteiger partial charge in [0.1, 0.15) is 12.1 Å². The Labute approximate surface area is 352 Å². The molecule has 0 aliphatic carbocycles. The molecule has 4 aliphatic rings. The molecule has 0 saturated carbocycles. The van der Waals surface area contributed by atoms with Gasteiger partial charge < -0.3 is 23.2 Å². The van der Waals surface area contributed by atoms with Crippen LogP contribution in [0.25, 0.3) is 0 Å². The first kappa shape index (κ1) is 48.4. The Morgan fingerprint density at radius 1 is 0.717 bits per heavy atom. The highest BCUT2D eigenvalue weighted by molar-refractivity contribution is 7.80. The molecule has 4 atom stereocenters. The molecule has 4 bridgehead atoms. The van der Waals surface area contributed by atoms with Crippen molar-refractivity contribution in [3.63, 3.8) is 0 Å². The van der Waals surface area contributed by atoms with Crippen molar-refractivity contribution < 1.29 is 53.5 Å². The predicted molar refractivity (Wildman–Crippen MR) is 207 cm³/mol. The molecule has 4 fully saturated rings. The van der Waals surface area contributed by atoms with Crippen LogP contribution in [0.5, 0.6) is 0 Å². The number of halogens is 1. The lowest BCUT2D eigenvalue weighted by Gasteiger charge is -2.27. The van der Waals surface area contributed by atoms with Gasteiger partial charge in [0.2, 0.25) is 35.0 Å². The summed E-state index contributed by atoms with van der Waals surface area (Å²) in [4.78, 5) is 34.3. The molecule has 5 aromatic rings. The topological polar surface area (TPSA) is 289 Å². The lowest BCUT2D eigenvalue weighted by Crippen LogP contribution is -2.35. The average molecular weight is 894 g/mol. The smallest absolute Gasteiger partial charge is 0.425 e. The van der Waals surface area contributed by atoms with Crippen LogP contribution >= 0.6 is 12.4 Å². The Morgan fingerprint density at radius 3 is 1.53 bits per heavy atom. The predicted octanol–water partition coefficient (Wildman–Crippen LogP) is 4.00. The average Bonchev–Trinajstić information content (AvgIpc) is 4.03. The molecule has 4 amide bonds. The number of nitrogens with zero attached hydrogens (tertiary/aromatic N) is 10. The SMILES string of the molecule is Cc1ccccc1.Cc1cccnc1.Cc1cccnc1.Cl.O=C1N(O)[C@@H]2CC[C@@H](c3nnco3)N1C2.O=C1N2C[C@@H](CC[C@H]2c2nnco2)N1OS(=O)(=O)[O-].O=S(=O)=O. The summed E-state index contributed by atoms with van der Waals surface area (Å²) >= 11 is 0. The summed E-state index contributed by atoms with van der Waals surface area (Å²) in [7, 11) is -8.08. The number of aromatic nitrogens is 6. The number of fused-ring (bicyclic) bond motifs is 4. The van der Waals surface area contributed by atoms with Crippen LogP contribution in [0.2, 0.25) is 0 Å². The molecule has 4 saturated heterocycles. The summed E-state index contributed by atoms with van der Waals surface area (Å²) < 4.78 is 71.5. The number of piperidine rings is 2. The fourth-order valence-electron chi connectivity index (χ4n) is 6.08. The van der Waals surface area contributed by atoms with Crippen LogP contribution in [-0.4, -0.2) is 118 Å². The molecule has 324 valence electrons. The van der Waals surface area contributed by atoms with E-state index in [0.717, 1.165) is 24.3 Å². The van der Waals surface area contributed by atoms with Crippen LogP contribution in [0.3, 0.4) is 0 Å². The summed E-state index contributed by atoms with van der Waals surface area (Å²) in [5.41, 5.74) is 3.74. The Bertz CT molecular complexity index is 2160. The number of carbonyl (C=O) groups excluding carboxylic acids is 2. The summed E-state index contributed by atoms with van der Waals surface area (Å²) in [6.45, 7) is 6.91. The number of rotatable bonds is 4. The number of pyridine rings is 2. The number of hydroxylamine groups is 4. The van der Waals surface area contributed by atoms with Gasteiger partial charge in [-0.3, -0.25) is 15.2 Å². The molecular formula is C35H42ClN10O12S2-. The minimum Gasteiger partial charge on any atom is -0.724 e. The van der Waals surface area contributed by atoms with Crippen LogP contribution in [0.4, 0.5) is 9.59 Å². The van der Waals surface area contributed by atoms with E-state index in [1.165, 1.54) is 28.0 Å². The highest BCUT2D eigenvalue weighted by atomic mass is 35.5. The molecule has 1 N–H and O–H groups in total. The van der Waals surface area contributed by atoms with Gasteiger partial charge in [0.15, 0.2) is 0 Å². The molecule has 4 aliphatic heterocycles. The Hall–Kier alpha value is -5.92. The molecule has 22 nitrogen and oxygen atoms in total. The van der Waals surface area contributed by atoms with E-state index in [2.05, 4.69) is 53.7 Å². The second kappa shape index (κ2) is 23.6. The first-order valence-corrected chi connectivity index (χ1v) is 20.1. The van der Waals surface area contributed by atoms with Gasteiger partial charge in [-0.2, -0.15) is 9.35 Å². The quantitative estimate of drug-likeness (QED) is 0.151. The van der Waals surface area contributed by atoms with Crippen LogP contribution in [0.1, 0.15) is 66.2 Å². The van der Waals surface area contributed by atoms with Gasteiger partial charge in [-0.1, -0.05) is 48.0 Å². The van der Waals surface area contributed by atoms with E-state index in [9.17, 15) is 27.8 Å². The third-order valence-corrected chi connectivity index (χ3v) is 9.07. The first-order chi connectivity index (χ1) is 28.1. The number of benzene rings is 1. The van der Waals surface area contributed by atoms with Gasteiger partial charge in [0.25, 0.3) is 0 Å². The maximum Gasteiger partial charge on any atom is 0.425 e. The molecule has 0 unspecified atom stereocenters. The first-order valence-electron chi connectivity index (χ1n) is 17.7. The normalized spacial score (nSPS) is 19.6. The van der Waals surface area contributed by atoms with Crippen molar-refractivity contribution in [1.82, 2.24) is 50.3 Å². The Kier molecular flexibility index (Phi) is 19.1. The van der Waals surface area contributed by atoms with Crippen molar-refractivity contribution in [2.75, 3.05) is 13.1 Å². The minimum absolute atomic E-state index is 0. The summed E-state index contributed by atoms with van der Waals surface area (Å²) in [5.74, 6) is 0.718. The van der Waals surface area contributed by atoms with Gasteiger partial charge in [-0.05, 0) is 69.7 Å². The lowest BCUT2D eigenvalue weighted by atomic mass is 10.0. The number of hydrogen-bond donors (Lipinski definition) is 1. The largest absolute Gasteiger partial charge is 0.724 e. The standard InChI is InChI=1S/C8H10N4O6S.C8H10N4O3.C7H8.2C6H7N.ClH.O3S/c13-8-11-3-5(12(8)18-19(14,15)16)1-2-6(11)7-10-9-4-17-7;13-8-11-3-5(12(8)14)1-2-6(11)7-10-9-4-15-7;1-7-5-3-2-4-6-7;2*1-6-3-2-4-7-5-6;;1-4(2)3/h4-6H,1-3H2,(H,14,15,16);4-6,14H,1-3H2;2-6H,1H3;2*2-5H,1H3;1H;/p-1/t2*5-,6+;;;;;/m11...../s1. The van der Waals surface area contributed by atoms with Crippen molar-refractivity contribution in [3.8, 4) is 0 Å². The van der Waals surface area contributed by atoms with Crippen LogP contribution in [0.15, 0.2) is 101 Å². The summed E-state index contributed by atoms with van der Waals surface area (Å²) in [6.07, 6.45) is 12.1. The fourth-order valence-corrected chi connectivity index (χ4v) is 6.46. The molecule has 9 rings (SSSR count). The molecule has 8 heterocycles. The molecular weight excluding hydrogens is 852 g/mol. The van der Waals surface area contributed by atoms with Crippen molar-refractivity contribution >= 4 is 45.5 Å². The zero-order valence-electron chi connectivity index (χ0n) is 32.3. The van der Waals surface area contributed by atoms with E-state index >= 15 is 0 Å². The number of aryl methyl sites for hydroxylation is 3. The maximum atomic E-state index is 12.0. The second-order valence-electron chi connectivity index (χ2n) is 13.0. The second-order valence-corrected chi connectivity index (χ2v) is 14.4. The molecule has 4 aromatic heterocycles. The van der Waals surface area contributed by atoms with Crippen LogP contribution < -0.4 is 0 Å². The lowest BCUT2D eigenvalue weighted by molar-refractivity contribution is -0.0584.